The van der Waals surface area contributed by atoms with Crippen LogP contribution >= 0.6 is 11.8 Å². The summed E-state index contributed by atoms with van der Waals surface area (Å²) < 4.78 is 28.1. The minimum atomic E-state index is -3.80. The van der Waals surface area contributed by atoms with E-state index in [0.29, 0.717) is 17.9 Å². The summed E-state index contributed by atoms with van der Waals surface area (Å²) in [6, 6.07) is 9.37. The van der Waals surface area contributed by atoms with E-state index in [2.05, 4.69) is 19.9 Å². The summed E-state index contributed by atoms with van der Waals surface area (Å²) >= 11 is 1.56. The van der Waals surface area contributed by atoms with Crippen molar-refractivity contribution < 1.29 is 13.2 Å². The number of hydrogen-bond donors (Lipinski definition) is 2. The molecule has 30 heavy (non-hydrogen) atoms. The van der Waals surface area contributed by atoms with Crippen LogP contribution in [-0.2, 0) is 14.8 Å². The molecule has 0 radical (unpaired) electrons. The third-order valence-corrected chi connectivity index (χ3v) is 7.13. The number of amides is 1. The van der Waals surface area contributed by atoms with Gasteiger partial charge < -0.3 is 10.2 Å². The molecule has 9 heteroatoms. The molecule has 7 nitrogen and oxygen atoms in total. The molecule has 1 aromatic carbocycles. The van der Waals surface area contributed by atoms with Gasteiger partial charge in [0.25, 0.3) is 0 Å². The largest absolute Gasteiger partial charge is 0.357 e. The summed E-state index contributed by atoms with van der Waals surface area (Å²) in [5, 5.41) is 2.80. The van der Waals surface area contributed by atoms with E-state index in [1.807, 2.05) is 19.2 Å². The molecule has 2 aromatic rings. The Hall–Kier alpha value is -2.10. The zero-order chi connectivity index (χ0) is 21.6. The van der Waals surface area contributed by atoms with E-state index in [1.165, 1.54) is 12.8 Å². The van der Waals surface area contributed by atoms with Crippen molar-refractivity contribution in [3.05, 3.63) is 48.2 Å². The SMILES string of the molecule is CSCCC(NS(=O)(=O)c1ccc(C)cc1)C(=O)Nc1ccc(N2CCCC2)nc1. The van der Waals surface area contributed by atoms with Crippen LogP contribution in [0.25, 0.3) is 0 Å². The lowest BCUT2D eigenvalue weighted by molar-refractivity contribution is -0.117. The van der Waals surface area contributed by atoms with Crippen molar-refractivity contribution in [1.82, 2.24) is 9.71 Å². The molecule has 1 saturated heterocycles. The van der Waals surface area contributed by atoms with Gasteiger partial charge >= 0.3 is 0 Å². The summed E-state index contributed by atoms with van der Waals surface area (Å²) in [4.78, 5) is 19.6. The van der Waals surface area contributed by atoms with Gasteiger partial charge in [0, 0.05) is 13.1 Å². The van der Waals surface area contributed by atoms with Crippen LogP contribution in [0.2, 0.25) is 0 Å². The molecule has 162 valence electrons. The zero-order valence-corrected chi connectivity index (χ0v) is 18.9. The van der Waals surface area contributed by atoms with Crippen molar-refractivity contribution in [2.24, 2.45) is 0 Å². The predicted molar refractivity (Wildman–Crippen MR) is 123 cm³/mol. The highest BCUT2D eigenvalue weighted by atomic mass is 32.2. The smallest absolute Gasteiger partial charge is 0.242 e. The molecule has 1 atom stereocenters. The number of carbonyl (C=O) groups is 1. The number of sulfonamides is 1. The highest BCUT2D eigenvalue weighted by Crippen LogP contribution is 2.19. The average Bonchev–Trinajstić information content (AvgIpc) is 3.27. The molecule has 2 N–H and O–H groups in total. The van der Waals surface area contributed by atoms with Gasteiger partial charge in [0.15, 0.2) is 0 Å². The van der Waals surface area contributed by atoms with E-state index < -0.39 is 22.0 Å². The minimum absolute atomic E-state index is 0.145. The molecular formula is C21H28N4O3S2. The molecular weight excluding hydrogens is 420 g/mol. The molecule has 1 aliphatic rings. The second kappa shape index (κ2) is 10.3. The normalized spacial score (nSPS) is 15.2. The Kier molecular flexibility index (Phi) is 7.74. The molecule has 2 heterocycles. The molecule has 0 saturated carbocycles. The number of nitrogens with zero attached hydrogens (tertiary/aromatic N) is 2. The standard InChI is InChI=1S/C21H28N4O3S2/c1-16-5-8-18(9-6-16)30(27,28)24-19(11-14-29-2)21(26)23-17-7-10-20(22-15-17)25-12-3-4-13-25/h5-10,15,19,24H,3-4,11-14H2,1-2H3,(H,23,26). The van der Waals surface area contributed by atoms with Crippen LogP contribution in [0.5, 0.6) is 0 Å². The van der Waals surface area contributed by atoms with Crippen molar-refractivity contribution in [2.45, 2.75) is 37.1 Å². The fraction of sp³-hybridized carbons (Fsp3) is 0.429. The molecule has 3 rings (SSSR count). The molecule has 1 fully saturated rings. The maximum Gasteiger partial charge on any atom is 0.242 e. The third-order valence-electron chi connectivity index (χ3n) is 5.00. The highest BCUT2D eigenvalue weighted by Gasteiger charge is 2.25. The number of aryl methyl sites for hydroxylation is 1. The molecule has 0 bridgehead atoms. The quantitative estimate of drug-likeness (QED) is 0.613. The summed E-state index contributed by atoms with van der Waals surface area (Å²) in [6.07, 6.45) is 6.25. The van der Waals surface area contributed by atoms with E-state index in [1.54, 1.807) is 48.3 Å². The second-order valence-electron chi connectivity index (χ2n) is 7.36. The van der Waals surface area contributed by atoms with E-state index in [4.69, 9.17) is 0 Å². The maximum absolute atomic E-state index is 12.8. The van der Waals surface area contributed by atoms with Crippen molar-refractivity contribution in [1.29, 1.82) is 0 Å². The van der Waals surface area contributed by atoms with Crippen molar-refractivity contribution in [2.75, 3.05) is 35.3 Å². The van der Waals surface area contributed by atoms with Gasteiger partial charge in [-0.2, -0.15) is 16.5 Å². The van der Waals surface area contributed by atoms with Crippen LogP contribution in [0.1, 0.15) is 24.8 Å². The first-order valence-electron chi connectivity index (χ1n) is 9.99. The monoisotopic (exact) mass is 448 g/mol. The summed E-state index contributed by atoms with van der Waals surface area (Å²) in [5.74, 6) is 1.15. The van der Waals surface area contributed by atoms with E-state index in [9.17, 15) is 13.2 Å². The van der Waals surface area contributed by atoms with Gasteiger partial charge in [0.2, 0.25) is 15.9 Å². The average molecular weight is 449 g/mol. The third kappa shape index (κ3) is 5.96. The predicted octanol–water partition coefficient (Wildman–Crippen LogP) is 3.03. The minimum Gasteiger partial charge on any atom is -0.357 e. The zero-order valence-electron chi connectivity index (χ0n) is 17.3. The van der Waals surface area contributed by atoms with Gasteiger partial charge in [0.1, 0.15) is 11.9 Å². The number of nitrogens with one attached hydrogen (secondary N) is 2. The first-order chi connectivity index (χ1) is 14.4. The Labute approximate surface area is 182 Å². The summed E-state index contributed by atoms with van der Waals surface area (Å²) in [6.45, 7) is 3.88. The Morgan fingerprint density at radius 1 is 1.17 bits per heavy atom. The topological polar surface area (TPSA) is 91.4 Å². The van der Waals surface area contributed by atoms with Crippen LogP contribution in [0.3, 0.4) is 0 Å². The number of carbonyl (C=O) groups excluding carboxylic acids is 1. The van der Waals surface area contributed by atoms with Crippen LogP contribution in [-0.4, -0.2) is 50.4 Å². The number of rotatable bonds is 9. The molecule has 1 aliphatic heterocycles. The lowest BCUT2D eigenvalue weighted by Gasteiger charge is -2.19. The number of benzene rings is 1. The number of pyridine rings is 1. The number of anilines is 2. The van der Waals surface area contributed by atoms with Crippen molar-refractivity contribution in [3.8, 4) is 0 Å². The van der Waals surface area contributed by atoms with Crippen LogP contribution in [0.4, 0.5) is 11.5 Å². The van der Waals surface area contributed by atoms with Crippen molar-refractivity contribution >= 4 is 39.2 Å². The van der Waals surface area contributed by atoms with Crippen LogP contribution in [0.15, 0.2) is 47.5 Å². The first-order valence-corrected chi connectivity index (χ1v) is 12.9. The van der Waals surface area contributed by atoms with E-state index in [0.717, 1.165) is 24.5 Å². The Morgan fingerprint density at radius 2 is 1.87 bits per heavy atom. The fourth-order valence-electron chi connectivity index (χ4n) is 3.27. The van der Waals surface area contributed by atoms with E-state index >= 15 is 0 Å². The van der Waals surface area contributed by atoms with Gasteiger partial charge in [-0.05, 0) is 62.5 Å². The van der Waals surface area contributed by atoms with Gasteiger partial charge in [-0.25, -0.2) is 13.4 Å². The molecule has 0 spiro atoms. The number of thioether (sulfide) groups is 1. The van der Waals surface area contributed by atoms with Gasteiger partial charge in [-0.3, -0.25) is 4.79 Å². The number of aromatic nitrogens is 1. The Balaban J connectivity index is 1.69. The van der Waals surface area contributed by atoms with Crippen LogP contribution < -0.4 is 14.9 Å². The lowest BCUT2D eigenvalue weighted by Crippen LogP contribution is -2.44. The summed E-state index contributed by atoms with van der Waals surface area (Å²) in [7, 11) is -3.80. The van der Waals surface area contributed by atoms with Gasteiger partial charge in [0.05, 0.1) is 16.8 Å². The molecule has 1 aromatic heterocycles. The summed E-state index contributed by atoms with van der Waals surface area (Å²) in [5.41, 5.74) is 1.52. The Morgan fingerprint density at radius 3 is 2.47 bits per heavy atom. The Bertz CT molecular complexity index is 941. The lowest BCUT2D eigenvalue weighted by atomic mass is 10.2. The fourth-order valence-corrected chi connectivity index (χ4v) is 4.98. The molecule has 0 aliphatic carbocycles. The van der Waals surface area contributed by atoms with Gasteiger partial charge in [-0.1, -0.05) is 17.7 Å². The van der Waals surface area contributed by atoms with Crippen LogP contribution in [0, 0.1) is 6.92 Å². The first kappa shape index (κ1) is 22.6. The second-order valence-corrected chi connectivity index (χ2v) is 10.1. The highest BCUT2D eigenvalue weighted by molar-refractivity contribution is 7.98. The maximum atomic E-state index is 12.8. The number of hydrogen-bond acceptors (Lipinski definition) is 6. The molecule has 1 unspecified atom stereocenters. The molecule has 1 amide bonds. The van der Waals surface area contributed by atoms with Gasteiger partial charge in [-0.15, -0.1) is 0 Å². The van der Waals surface area contributed by atoms with E-state index in [-0.39, 0.29) is 4.90 Å². The van der Waals surface area contributed by atoms with Crippen molar-refractivity contribution in [3.63, 3.8) is 0 Å².